The first-order valence-corrected chi connectivity index (χ1v) is 11.5. The normalized spacial score (nSPS) is 19.7. The molecule has 5 rings (SSSR count). The minimum Gasteiger partial charge on any atom is -0.389 e. The lowest BCUT2D eigenvalue weighted by Gasteiger charge is -2.44. The first-order valence-electron chi connectivity index (χ1n) is 10.3. The van der Waals surface area contributed by atoms with Gasteiger partial charge in [-0.3, -0.25) is 0 Å². The number of halogens is 3. The number of hydrogen-bond donors (Lipinski definition) is 4. The first kappa shape index (κ1) is 21.4. The molecular weight excluding hydrogens is 452 g/mol. The van der Waals surface area contributed by atoms with Crippen molar-refractivity contribution in [2.45, 2.75) is 38.1 Å². The van der Waals surface area contributed by atoms with Gasteiger partial charge < -0.3 is 20.7 Å². The van der Waals surface area contributed by atoms with Gasteiger partial charge in [-0.2, -0.15) is 0 Å². The van der Waals surface area contributed by atoms with Gasteiger partial charge in [0.2, 0.25) is 0 Å². The second kappa shape index (κ2) is 7.85. The van der Waals surface area contributed by atoms with E-state index in [2.05, 4.69) is 15.6 Å². The van der Waals surface area contributed by atoms with Crippen LogP contribution in [0.5, 0.6) is 0 Å². The molecule has 2 aromatic heterocycles. The van der Waals surface area contributed by atoms with Crippen LogP contribution in [0.25, 0.3) is 22.0 Å². The summed E-state index contributed by atoms with van der Waals surface area (Å²) in [5, 5.41) is 20.6. The number of nitrogens with one attached hydrogen (secondary N) is 3. The Morgan fingerprint density at radius 1 is 1.22 bits per heavy atom. The lowest BCUT2D eigenvalue weighted by molar-refractivity contribution is 0.0664. The van der Waals surface area contributed by atoms with E-state index in [1.54, 1.807) is 35.7 Å². The predicted octanol–water partition coefficient (Wildman–Crippen LogP) is 6.22. The summed E-state index contributed by atoms with van der Waals surface area (Å²) in [6, 6.07) is 9.67. The number of thiophene rings is 1. The van der Waals surface area contributed by atoms with Crippen LogP contribution < -0.4 is 10.6 Å². The minimum atomic E-state index is -0.946. The maximum atomic E-state index is 16.1. The molecule has 3 heterocycles. The van der Waals surface area contributed by atoms with Gasteiger partial charge in [-0.05, 0) is 31.4 Å². The van der Waals surface area contributed by atoms with Gasteiger partial charge in [0.15, 0.2) is 0 Å². The van der Waals surface area contributed by atoms with Crippen LogP contribution in [0.4, 0.5) is 14.5 Å². The predicted molar refractivity (Wildman–Crippen MR) is 126 cm³/mol. The molecule has 0 bridgehead atoms. The van der Waals surface area contributed by atoms with E-state index in [0.29, 0.717) is 33.7 Å². The zero-order valence-corrected chi connectivity index (χ0v) is 19.0. The van der Waals surface area contributed by atoms with E-state index >= 15 is 8.78 Å². The van der Waals surface area contributed by atoms with Crippen molar-refractivity contribution >= 4 is 39.5 Å². The fourth-order valence-corrected chi connectivity index (χ4v) is 5.32. The van der Waals surface area contributed by atoms with Crippen LogP contribution in [0.1, 0.15) is 30.3 Å². The molecular formula is C24H22ClF2N3OS. The van der Waals surface area contributed by atoms with Crippen LogP contribution in [-0.4, -0.2) is 21.7 Å². The number of aliphatic hydroxyl groups excluding tert-OH is 1. The molecule has 0 saturated carbocycles. The topological polar surface area (TPSA) is 60.1 Å². The smallest absolute Gasteiger partial charge is 0.140 e. The number of H-pyrrole nitrogens is 1. The van der Waals surface area contributed by atoms with Gasteiger partial charge in [-0.25, -0.2) is 8.78 Å². The molecule has 0 radical (unpaired) electrons. The maximum absolute atomic E-state index is 16.1. The van der Waals surface area contributed by atoms with Crippen molar-refractivity contribution in [1.29, 1.82) is 0 Å². The monoisotopic (exact) mass is 473 g/mol. The number of anilines is 1. The van der Waals surface area contributed by atoms with Gasteiger partial charge in [0.25, 0.3) is 0 Å². The molecule has 0 saturated heterocycles. The third kappa shape index (κ3) is 3.40. The molecule has 166 valence electrons. The summed E-state index contributed by atoms with van der Waals surface area (Å²) in [4.78, 5) is 4.08. The van der Waals surface area contributed by atoms with Gasteiger partial charge in [-0.1, -0.05) is 35.9 Å². The lowest BCUT2D eigenvalue weighted by atomic mass is 9.81. The Hall–Kier alpha value is -2.45. The Balaban J connectivity index is 1.68. The molecule has 0 unspecified atom stereocenters. The molecule has 1 aliphatic heterocycles. The van der Waals surface area contributed by atoms with E-state index in [1.165, 1.54) is 6.07 Å². The van der Waals surface area contributed by atoms with Crippen molar-refractivity contribution in [1.82, 2.24) is 10.3 Å². The van der Waals surface area contributed by atoms with E-state index in [4.69, 9.17) is 11.6 Å². The highest BCUT2D eigenvalue weighted by Gasteiger charge is 2.43. The SMILES string of the molecule is CC1(C)Nc2cc(F)c(-c3cccc4c(Cl)c[nH]c34)c(F)c2[C@@H](NCc2cccs2)[C@@H]1O. The number of benzene rings is 2. The average Bonchev–Trinajstić information content (AvgIpc) is 3.39. The summed E-state index contributed by atoms with van der Waals surface area (Å²) in [5.74, 6) is -1.39. The Morgan fingerprint density at radius 3 is 2.78 bits per heavy atom. The van der Waals surface area contributed by atoms with Crippen molar-refractivity contribution in [3.8, 4) is 11.1 Å². The molecule has 2 atom stereocenters. The number of aromatic nitrogens is 1. The number of hydrogen-bond acceptors (Lipinski definition) is 4. The summed E-state index contributed by atoms with van der Waals surface area (Å²) in [6.45, 7) is 4.08. The van der Waals surface area contributed by atoms with Crippen LogP contribution in [0.15, 0.2) is 48.0 Å². The van der Waals surface area contributed by atoms with Crippen molar-refractivity contribution in [3.05, 3.63) is 75.1 Å². The van der Waals surface area contributed by atoms with Crippen molar-refractivity contribution in [2.24, 2.45) is 0 Å². The molecule has 4 aromatic rings. The molecule has 8 heteroatoms. The molecule has 4 nitrogen and oxygen atoms in total. The Kier molecular flexibility index (Phi) is 5.25. The molecule has 0 spiro atoms. The fourth-order valence-electron chi connectivity index (χ4n) is 4.45. The highest BCUT2D eigenvalue weighted by Crippen LogP contribution is 2.44. The number of rotatable bonds is 4. The van der Waals surface area contributed by atoms with Gasteiger partial charge >= 0.3 is 0 Å². The molecule has 0 amide bonds. The van der Waals surface area contributed by atoms with Gasteiger partial charge in [0.05, 0.1) is 33.8 Å². The Morgan fingerprint density at radius 2 is 2.03 bits per heavy atom. The van der Waals surface area contributed by atoms with Crippen LogP contribution in [0.3, 0.4) is 0 Å². The summed E-state index contributed by atoms with van der Waals surface area (Å²) >= 11 is 7.79. The van der Waals surface area contributed by atoms with Crippen molar-refractivity contribution < 1.29 is 13.9 Å². The highest BCUT2D eigenvalue weighted by atomic mass is 35.5. The molecule has 0 aliphatic carbocycles. The summed E-state index contributed by atoms with van der Waals surface area (Å²) < 4.78 is 31.4. The first-order chi connectivity index (χ1) is 15.3. The van der Waals surface area contributed by atoms with Gasteiger partial charge in [0, 0.05) is 39.8 Å². The van der Waals surface area contributed by atoms with E-state index in [1.807, 2.05) is 31.4 Å². The number of fused-ring (bicyclic) bond motifs is 2. The number of aliphatic hydroxyl groups is 1. The third-order valence-corrected chi connectivity index (χ3v) is 7.28. The second-order valence-electron chi connectivity index (χ2n) is 8.60. The lowest BCUT2D eigenvalue weighted by Crippen LogP contribution is -2.54. The number of para-hydroxylation sites is 1. The highest BCUT2D eigenvalue weighted by molar-refractivity contribution is 7.09. The Labute approximate surface area is 193 Å². The quantitative estimate of drug-likeness (QED) is 0.284. The summed E-state index contributed by atoms with van der Waals surface area (Å²) in [7, 11) is 0. The van der Waals surface area contributed by atoms with E-state index in [9.17, 15) is 5.11 Å². The molecule has 32 heavy (non-hydrogen) atoms. The zero-order valence-electron chi connectivity index (χ0n) is 17.5. The standard InChI is InChI=1S/C24H22ClF2N3OS/c1-24(2)23(31)22(28-10-12-5-4-8-32-12)19-17(30-24)9-16(26)18(20(19)27)14-7-3-6-13-15(25)11-29-21(13)14/h3-9,11,22-23,28-31H,10H2,1-2H3/t22-,23+/m1/s1. The minimum absolute atomic E-state index is 0.149. The third-order valence-electron chi connectivity index (χ3n) is 6.09. The number of aromatic amines is 1. The Bertz CT molecular complexity index is 1300. The van der Waals surface area contributed by atoms with Gasteiger partial charge in [-0.15, -0.1) is 11.3 Å². The van der Waals surface area contributed by atoms with Crippen LogP contribution in [0.2, 0.25) is 5.02 Å². The largest absolute Gasteiger partial charge is 0.389 e. The van der Waals surface area contributed by atoms with Crippen molar-refractivity contribution in [3.63, 3.8) is 0 Å². The van der Waals surface area contributed by atoms with Crippen molar-refractivity contribution in [2.75, 3.05) is 5.32 Å². The van der Waals surface area contributed by atoms with Crippen LogP contribution >= 0.6 is 22.9 Å². The van der Waals surface area contributed by atoms with E-state index < -0.39 is 29.3 Å². The van der Waals surface area contributed by atoms with E-state index in [0.717, 1.165) is 4.88 Å². The summed E-state index contributed by atoms with van der Waals surface area (Å²) in [5.41, 5.74) is 0.558. The maximum Gasteiger partial charge on any atom is 0.140 e. The molecule has 2 aromatic carbocycles. The van der Waals surface area contributed by atoms with Gasteiger partial charge in [0.1, 0.15) is 11.6 Å². The van der Waals surface area contributed by atoms with Crippen LogP contribution in [0, 0.1) is 11.6 Å². The van der Waals surface area contributed by atoms with E-state index in [-0.39, 0.29) is 11.1 Å². The fraction of sp³-hybridized carbons (Fsp3) is 0.250. The zero-order chi connectivity index (χ0) is 22.6. The summed E-state index contributed by atoms with van der Waals surface area (Å²) in [6.07, 6.45) is 0.655. The molecule has 0 fully saturated rings. The average molecular weight is 474 g/mol. The second-order valence-corrected chi connectivity index (χ2v) is 10.0. The van der Waals surface area contributed by atoms with Crippen LogP contribution in [-0.2, 0) is 6.54 Å². The molecule has 4 N–H and O–H groups in total. The molecule has 1 aliphatic rings.